The maximum atomic E-state index is 2.39. The normalized spacial score (nSPS) is 20.3. The van der Waals surface area contributed by atoms with E-state index < -0.39 is 0 Å². The lowest BCUT2D eigenvalue weighted by Crippen LogP contribution is -2.24. The molecule has 0 radical (unpaired) electrons. The Labute approximate surface area is 163 Å². The summed E-state index contributed by atoms with van der Waals surface area (Å²) < 4.78 is 2.78. The Hall–Kier alpha value is -1.77. The molecule has 26 heavy (non-hydrogen) atoms. The molecule has 130 valence electrons. The SMILES string of the molecule is CC1(C)C=CC2=C(C=C1)C(C)(C)c1c(ccc3sc4ccccc4c13)S2. The van der Waals surface area contributed by atoms with Crippen molar-refractivity contribution in [2.45, 2.75) is 38.0 Å². The van der Waals surface area contributed by atoms with Crippen molar-refractivity contribution in [1.29, 1.82) is 0 Å². The molecule has 0 atom stereocenters. The van der Waals surface area contributed by atoms with Gasteiger partial charge in [0, 0.05) is 40.8 Å². The highest BCUT2D eigenvalue weighted by Crippen LogP contribution is 2.54. The zero-order chi connectivity index (χ0) is 18.1. The Morgan fingerprint density at radius 3 is 2.42 bits per heavy atom. The number of thioether (sulfide) groups is 1. The van der Waals surface area contributed by atoms with E-state index in [0.29, 0.717) is 0 Å². The molecule has 0 amide bonds. The van der Waals surface area contributed by atoms with Gasteiger partial charge in [-0.2, -0.15) is 0 Å². The summed E-state index contributed by atoms with van der Waals surface area (Å²) in [6, 6.07) is 13.5. The Morgan fingerprint density at radius 2 is 1.58 bits per heavy atom. The molecular formula is C24H22S2. The van der Waals surface area contributed by atoms with Crippen LogP contribution in [0.15, 0.2) is 76.1 Å². The molecular weight excluding hydrogens is 352 g/mol. The molecule has 0 saturated heterocycles. The van der Waals surface area contributed by atoms with Gasteiger partial charge in [0.1, 0.15) is 0 Å². The largest absolute Gasteiger partial charge is 0.135 e. The number of thiophene rings is 1. The van der Waals surface area contributed by atoms with Gasteiger partial charge in [-0.25, -0.2) is 0 Å². The molecule has 0 saturated carbocycles. The van der Waals surface area contributed by atoms with Gasteiger partial charge in [-0.1, -0.05) is 82.0 Å². The van der Waals surface area contributed by atoms with E-state index in [-0.39, 0.29) is 10.8 Å². The molecule has 0 bridgehead atoms. The van der Waals surface area contributed by atoms with Gasteiger partial charge in [0.2, 0.25) is 0 Å². The van der Waals surface area contributed by atoms with Crippen LogP contribution in [-0.4, -0.2) is 0 Å². The molecule has 1 aliphatic carbocycles. The number of rotatable bonds is 0. The fourth-order valence-corrected chi connectivity index (χ4v) is 6.69. The second kappa shape index (κ2) is 5.37. The first-order valence-electron chi connectivity index (χ1n) is 9.13. The Bertz CT molecular complexity index is 1150. The molecule has 2 heteroatoms. The van der Waals surface area contributed by atoms with E-state index in [1.807, 2.05) is 23.1 Å². The summed E-state index contributed by atoms with van der Waals surface area (Å²) in [5.74, 6) is 0. The minimum absolute atomic E-state index is 0.0134. The highest BCUT2D eigenvalue weighted by molar-refractivity contribution is 8.03. The number of hydrogen-bond donors (Lipinski definition) is 0. The van der Waals surface area contributed by atoms with Crippen molar-refractivity contribution in [3.63, 3.8) is 0 Å². The van der Waals surface area contributed by atoms with Crippen molar-refractivity contribution in [3.8, 4) is 0 Å². The molecule has 0 spiro atoms. The highest BCUT2D eigenvalue weighted by atomic mass is 32.2. The van der Waals surface area contributed by atoms with E-state index in [9.17, 15) is 0 Å². The molecule has 0 unspecified atom stereocenters. The first kappa shape index (κ1) is 16.4. The Morgan fingerprint density at radius 1 is 0.808 bits per heavy atom. The van der Waals surface area contributed by atoms with E-state index in [1.165, 1.54) is 41.1 Å². The van der Waals surface area contributed by atoms with Crippen molar-refractivity contribution in [2.24, 2.45) is 5.41 Å². The zero-order valence-corrected chi connectivity index (χ0v) is 17.2. The standard InChI is InChI=1S/C24H22S2/c1-23(2)13-11-16-18(12-14-23)26-20-10-9-19-21(22(20)24(16,3)4)15-7-5-6-8-17(15)25-19/h5-14H,1-4H3. The molecule has 2 heterocycles. The van der Waals surface area contributed by atoms with E-state index >= 15 is 0 Å². The molecule has 2 aliphatic rings. The van der Waals surface area contributed by atoms with E-state index in [2.05, 4.69) is 88.4 Å². The van der Waals surface area contributed by atoms with Gasteiger partial charge in [-0.05, 0) is 29.3 Å². The fourth-order valence-electron chi connectivity index (χ4n) is 4.18. The fraction of sp³-hybridized carbons (Fsp3) is 0.250. The highest BCUT2D eigenvalue weighted by Gasteiger charge is 2.36. The van der Waals surface area contributed by atoms with Gasteiger partial charge >= 0.3 is 0 Å². The third-order valence-electron chi connectivity index (χ3n) is 5.63. The monoisotopic (exact) mass is 374 g/mol. The van der Waals surface area contributed by atoms with E-state index in [4.69, 9.17) is 0 Å². The summed E-state index contributed by atoms with van der Waals surface area (Å²) in [5, 5.41) is 2.85. The molecule has 0 N–H and O–H groups in total. The molecule has 0 nitrogen and oxygen atoms in total. The second-order valence-electron chi connectivity index (χ2n) is 8.40. The van der Waals surface area contributed by atoms with Gasteiger partial charge in [-0.15, -0.1) is 11.3 Å². The van der Waals surface area contributed by atoms with Crippen molar-refractivity contribution in [1.82, 2.24) is 0 Å². The second-order valence-corrected chi connectivity index (χ2v) is 10.6. The molecule has 2 aromatic carbocycles. The van der Waals surface area contributed by atoms with Crippen LogP contribution in [0.1, 0.15) is 33.3 Å². The zero-order valence-electron chi connectivity index (χ0n) is 15.6. The van der Waals surface area contributed by atoms with Gasteiger partial charge in [0.15, 0.2) is 0 Å². The summed E-state index contributed by atoms with van der Waals surface area (Å²) in [7, 11) is 0. The van der Waals surface area contributed by atoms with E-state index in [1.54, 1.807) is 0 Å². The predicted molar refractivity (Wildman–Crippen MR) is 117 cm³/mol. The molecule has 1 aliphatic heterocycles. The lowest BCUT2D eigenvalue weighted by molar-refractivity contribution is 0.614. The van der Waals surface area contributed by atoms with Crippen LogP contribution in [0.2, 0.25) is 0 Å². The van der Waals surface area contributed by atoms with Crippen LogP contribution in [0, 0.1) is 5.41 Å². The number of fused-ring (bicyclic) bond motifs is 5. The summed E-state index contributed by atoms with van der Waals surface area (Å²) in [6.45, 7) is 9.33. The Kier molecular flexibility index (Phi) is 3.39. The summed E-state index contributed by atoms with van der Waals surface area (Å²) in [6.07, 6.45) is 9.39. The maximum Gasteiger partial charge on any atom is 0.0359 e. The quantitative estimate of drug-likeness (QED) is 0.386. The molecule has 1 aromatic heterocycles. The van der Waals surface area contributed by atoms with Crippen LogP contribution < -0.4 is 0 Å². The Balaban J connectivity index is 1.84. The van der Waals surface area contributed by atoms with Crippen LogP contribution in [0.3, 0.4) is 0 Å². The lowest BCUT2D eigenvalue weighted by Gasteiger charge is -2.35. The minimum Gasteiger partial charge on any atom is -0.135 e. The average Bonchev–Trinajstić information content (AvgIpc) is 2.89. The number of benzene rings is 2. The van der Waals surface area contributed by atoms with Crippen LogP contribution in [0.4, 0.5) is 0 Å². The predicted octanol–water partition coefficient (Wildman–Crippen LogP) is 7.84. The van der Waals surface area contributed by atoms with E-state index in [0.717, 1.165) is 0 Å². The minimum atomic E-state index is -0.0134. The maximum absolute atomic E-state index is 2.39. The topological polar surface area (TPSA) is 0 Å². The number of hydrogen-bond acceptors (Lipinski definition) is 2. The molecule has 0 fully saturated rings. The third kappa shape index (κ3) is 2.28. The first-order valence-corrected chi connectivity index (χ1v) is 10.8. The van der Waals surface area contributed by atoms with Crippen LogP contribution in [0.25, 0.3) is 20.2 Å². The van der Waals surface area contributed by atoms with Crippen molar-refractivity contribution >= 4 is 43.3 Å². The van der Waals surface area contributed by atoms with Gasteiger partial charge in [0.25, 0.3) is 0 Å². The smallest absolute Gasteiger partial charge is 0.0359 e. The number of allylic oxidation sites excluding steroid dienone is 5. The van der Waals surface area contributed by atoms with Crippen LogP contribution >= 0.6 is 23.1 Å². The lowest BCUT2D eigenvalue weighted by atomic mass is 9.75. The molecule has 5 rings (SSSR count). The third-order valence-corrected chi connectivity index (χ3v) is 7.90. The van der Waals surface area contributed by atoms with Gasteiger partial charge in [0.05, 0.1) is 0 Å². The molecule has 3 aromatic rings. The average molecular weight is 375 g/mol. The van der Waals surface area contributed by atoms with Crippen LogP contribution in [0.5, 0.6) is 0 Å². The van der Waals surface area contributed by atoms with Gasteiger partial charge in [-0.3, -0.25) is 0 Å². The first-order chi connectivity index (χ1) is 12.4. The van der Waals surface area contributed by atoms with Crippen molar-refractivity contribution in [2.75, 3.05) is 0 Å². The summed E-state index contributed by atoms with van der Waals surface area (Å²) in [4.78, 5) is 2.80. The van der Waals surface area contributed by atoms with Crippen molar-refractivity contribution in [3.05, 3.63) is 76.7 Å². The summed E-state index contributed by atoms with van der Waals surface area (Å²) >= 11 is 3.84. The van der Waals surface area contributed by atoms with Gasteiger partial charge < -0.3 is 0 Å². The van der Waals surface area contributed by atoms with Crippen molar-refractivity contribution < 1.29 is 0 Å². The summed E-state index contributed by atoms with van der Waals surface area (Å²) in [5.41, 5.74) is 3.03. The van der Waals surface area contributed by atoms with Crippen LogP contribution in [-0.2, 0) is 5.41 Å².